The van der Waals surface area contributed by atoms with E-state index in [2.05, 4.69) is 42.5 Å². The molecule has 0 atom stereocenters. The highest BCUT2D eigenvalue weighted by Gasteiger charge is 2.19. The predicted octanol–water partition coefficient (Wildman–Crippen LogP) is 3.89. The topological polar surface area (TPSA) is 77.8 Å². The molecule has 2 rings (SSSR count). The molecule has 5 heteroatoms. The van der Waals surface area contributed by atoms with Crippen LogP contribution in [0.25, 0.3) is 0 Å². The fourth-order valence-electron chi connectivity index (χ4n) is 2.09. The smallest absolute Gasteiger partial charge is 0.308 e. The number of hydrogen-bond acceptors (Lipinski definition) is 3. The maximum Gasteiger partial charge on any atom is 0.323 e. The standard InChI is InChI=1S/C17H18N4O/c1-17(2,3)14-5-4-12(11-18)10-15(14)21-16(22)20-13-6-8-19-9-7-13/h4-10H,1-3H3,(H2,19,20,21,22). The lowest BCUT2D eigenvalue weighted by atomic mass is 9.85. The summed E-state index contributed by atoms with van der Waals surface area (Å²) < 4.78 is 0. The second kappa shape index (κ2) is 6.27. The normalized spacial score (nSPS) is 10.6. The van der Waals surface area contributed by atoms with Crippen molar-refractivity contribution in [2.45, 2.75) is 26.2 Å². The number of pyridine rings is 1. The molecule has 0 spiro atoms. The third kappa shape index (κ3) is 3.83. The van der Waals surface area contributed by atoms with E-state index in [1.165, 1.54) is 0 Å². The summed E-state index contributed by atoms with van der Waals surface area (Å²) in [4.78, 5) is 16.0. The van der Waals surface area contributed by atoms with Crippen LogP contribution < -0.4 is 10.6 Å². The Morgan fingerprint density at radius 2 is 1.82 bits per heavy atom. The van der Waals surface area contributed by atoms with Crippen molar-refractivity contribution in [1.29, 1.82) is 5.26 Å². The first kappa shape index (κ1) is 15.5. The summed E-state index contributed by atoms with van der Waals surface area (Å²) in [6.07, 6.45) is 3.21. The number of nitrogens with zero attached hydrogens (tertiary/aromatic N) is 2. The van der Waals surface area contributed by atoms with Crippen LogP contribution in [-0.2, 0) is 5.41 Å². The maximum atomic E-state index is 12.1. The molecular formula is C17H18N4O. The summed E-state index contributed by atoms with van der Waals surface area (Å²) in [5, 5.41) is 14.6. The van der Waals surface area contributed by atoms with Crippen molar-refractivity contribution < 1.29 is 4.79 Å². The highest BCUT2D eigenvalue weighted by atomic mass is 16.2. The average Bonchev–Trinajstić information content (AvgIpc) is 2.46. The molecule has 2 aromatic rings. The summed E-state index contributed by atoms with van der Waals surface area (Å²) in [5.74, 6) is 0. The zero-order chi connectivity index (χ0) is 16.2. The van der Waals surface area contributed by atoms with E-state index < -0.39 is 0 Å². The van der Waals surface area contributed by atoms with Gasteiger partial charge in [0.15, 0.2) is 0 Å². The lowest BCUT2D eigenvalue weighted by molar-refractivity contribution is 0.262. The number of hydrogen-bond donors (Lipinski definition) is 2. The fourth-order valence-corrected chi connectivity index (χ4v) is 2.09. The molecule has 0 radical (unpaired) electrons. The minimum absolute atomic E-state index is 0.146. The van der Waals surface area contributed by atoms with E-state index in [0.29, 0.717) is 16.9 Å². The van der Waals surface area contributed by atoms with E-state index in [4.69, 9.17) is 5.26 Å². The van der Waals surface area contributed by atoms with E-state index in [0.717, 1.165) is 5.56 Å². The van der Waals surface area contributed by atoms with Crippen LogP contribution >= 0.6 is 0 Å². The molecule has 2 N–H and O–H groups in total. The van der Waals surface area contributed by atoms with Gasteiger partial charge in [-0.05, 0) is 35.2 Å². The molecule has 112 valence electrons. The molecule has 0 aliphatic heterocycles. The Labute approximate surface area is 130 Å². The van der Waals surface area contributed by atoms with Gasteiger partial charge in [0.05, 0.1) is 11.6 Å². The van der Waals surface area contributed by atoms with Crippen LogP contribution in [0, 0.1) is 11.3 Å². The van der Waals surface area contributed by atoms with Gasteiger partial charge in [-0.15, -0.1) is 0 Å². The predicted molar refractivity (Wildman–Crippen MR) is 86.7 cm³/mol. The Hall–Kier alpha value is -2.87. The fraction of sp³-hybridized carbons (Fsp3) is 0.235. The van der Waals surface area contributed by atoms with Crippen molar-refractivity contribution in [3.63, 3.8) is 0 Å². The number of benzene rings is 1. The molecule has 0 aliphatic rings. The first-order valence-electron chi connectivity index (χ1n) is 6.93. The summed E-state index contributed by atoms with van der Waals surface area (Å²) in [6, 6.07) is 10.5. The van der Waals surface area contributed by atoms with Gasteiger partial charge >= 0.3 is 6.03 Å². The molecule has 0 bridgehead atoms. The van der Waals surface area contributed by atoms with Crippen molar-refractivity contribution in [2.75, 3.05) is 10.6 Å². The van der Waals surface area contributed by atoms with Crippen molar-refractivity contribution in [1.82, 2.24) is 4.98 Å². The third-order valence-corrected chi connectivity index (χ3v) is 3.14. The molecule has 1 aromatic heterocycles. The molecule has 1 heterocycles. The highest BCUT2D eigenvalue weighted by Crippen LogP contribution is 2.30. The van der Waals surface area contributed by atoms with Gasteiger partial charge in [-0.25, -0.2) is 4.79 Å². The number of aromatic nitrogens is 1. The first-order chi connectivity index (χ1) is 10.4. The summed E-state index contributed by atoms with van der Waals surface area (Å²) >= 11 is 0. The molecule has 0 fully saturated rings. The lowest BCUT2D eigenvalue weighted by Crippen LogP contribution is -2.23. The first-order valence-corrected chi connectivity index (χ1v) is 6.93. The highest BCUT2D eigenvalue weighted by molar-refractivity contribution is 6.00. The van der Waals surface area contributed by atoms with Gasteiger partial charge in [0.2, 0.25) is 0 Å². The minimum atomic E-state index is -0.355. The Morgan fingerprint density at radius 3 is 2.41 bits per heavy atom. The largest absolute Gasteiger partial charge is 0.323 e. The van der Waals surface area contributed by atoms with E-state index in [1.54, 1.807) is 36.7 Å². The second-order valence-corrected chi connectivity index (χ2v) is 5.94. The summed E-state index contributed by atoms with van der Waals surface area (Å²) in [5.41, 5.74) is 2.62. The van der Waals surface area contributed by atoms with Gasteiger partial charge in [-0.2, -0.15) is 5.26 Å². The van der Waals surface area contributed by atoms with Crippen LogP contribution in [0.15, 0.2) is 42.7 Å². The Balaban J connectivity index is 2.24. The maximum absolute atomic E-state index is 12.1. The quantitative estimate of drug-likeness (QED) is 0.881. The molecule has 0 saturated carbocycles. The van der Waals surface area contributed by atoms with Crippen LogP contribution in [0.3, 0.4) is 0 Å². The minimum Gasteiger partial charge on any atom is -0.308 e. The molecule has 2 amide bonds. The van der Waals surface area contributed by atoms with Crippen LogP contribution in [-0.4, -0.2) is 11.0 Å². The monoisotopic (exact) mass is 294 g/mol. The van der Waals surface area contributed by atoms with Crippen molar-refractivity contribution in [3.05, 3.63) is 53.9 Å². The third-order valence-electron chi connectivity index (χ3n) is 3.14. The molecule has 0 aliphatic carbocycles. The van der Waals surface area contributed by atoms with E-state index in [-0.39, 0.29) is 11.4 Å². The zero-order valence-electron chi connectivity index (χ0n) is 12.8. The van der Waals surface area contributed by atoms with E-state index in [9.17, 15) is 4.79 Å². The Kier molecular flexibility index (Phi) is 4.42. The molecule has 1 aromatic carbocycles. The summed E-state index contributed by atoms with van der Waals surface area (Å²) in [6.45, 7) is 6.17. The number of anilines is 2. The SMILES string of the molecule is CC(C)(C)c1ccc(C#N)cc1NC(=O)Nc1ccncc1. The van der Waals surface area contributed by atoms with Crippen LogP contribution in [0.2, 0.25) is 0 Å². The number of urea groups is 1. The Bertz CT molecular complexity index is 712. The molecule has 0 unspecified atom stereocenters. The van der Waals surface area contributed by atoms with E-state index >= 15 is 0 Å². The van der Waals surface area contributed by atoms with Crippen LogP contribution in [0.4, 0.5) is 16.2 Å². The van der Waals surface area contributed by atoms with Gasteiger partial charge in [0.1, 0.15) is 0 Å². The molecular weight excluding hydrogens is 276 g/mol. The second-order valence-electron chi connectivity index (χ2n) is 5.94. The molecule has 22 heavy (non-hydrogen) atoms. The molecule has 0 saturated heterocycles. The number of carbonyl (C=O) groups is 1. The van der Waals surface area contributed by atoms with Crippen LogP contribution in [0.5, 0.6) is 0 Å². The number of amides is 2. The van der Waals surface area contributed by atoms with E-state index in [1.807, 2.05) is 6.07 Å². The number of carbonyl (C=O) groups excluding carboxylic acids is 1. The van der Waals surface area contributed by atoms with Gasteiger partial charge in [0.25, 0.3) is 0 Å². The van der Waals surface area contributed by atoms with Crippen molar-refractivity contribution in [3.8, 4) is 6.07 Å². The molecule has 5 nitrogen and oxygen atoms in total. The van der Waals surface area contributed by atoms with Gasteiger partial charge < -0.3 is 10.6 Å². The zero-order valence-corrected chi connectivity index (χ0v) is 12.8. The number of nitriles is 1. The van der Waals surface area contributed by atoms with Gasteiger partial charge in [0, 0.05) is 23.8 Å². The average molecular weight is 294 g/mol. The van der Waals surface area contributed by atoms with Crippen LogP contribution in [0.1, 0.15) is 31.9 Å². The Morgan fingerprint density at radius 1 is 1.14 bits per heavy atom. The van der Waals surface area contributed by atoms with Gasteiger partial charge in [-0.3, -0.25) is 4.98 Å². The van der Waals surface area contributed by atoms with Gasteiger partial charge in [-0.1, -0.05) is 26.8 Å². The summed E-state index contributed by atoms with van der Waals surface area (Å²) in [7, 11) is 0. The van der Waals surface area contributed by atoms with Crippen molar-refractivity contribution in [2.24, 2.45) is 0 Å². The van der Waals surface area contributed by atoms with Crippen molar-refractivity contribution >= 4 is 17.4 Å². The number of nitrogens with one attached hydrogen (secondary N) is 2. The number of rotatable bonds is 2. The lowest BCUT2D eigenvalue weighted by Gasteiger charge is -2.23.